The minimum Gasteiger partial charge on any atom is -0.382 e. The van der Waals surface area contributed by atoms with Crippen molar-refractivity contribution in [2.24, 2.45) is 10.7 Å². The Bertz CT molecular complexity index is 234. The summed E-state index contributed by atoms with van der Waals surface area (Å²) >= 11 is 0. The van der Waals surface area contributed by atoms with Gasteiger partial charge in [-0.1, -0.05) is 0 Å². The number of nitrogens with zero attached hydrogens (tertiary/aromatic N) is 2. The fourth-order valence-corrected chi connectivity index (χ4v) is 1.98. The molecule has 19 heavy (non-hydrogen) atoms. The third kappa shape index (κ3) is 9.45. The van der Waals surface area contributed by atoms with Crippen LogP contribution in [0.4, 0.5) is 0 Å². The van der Waals surface area contributed by atoms with E-state index in [9.17, 15) is 0 Å². The molecule has 0 radical (unpaired) electrons. The normalized spacial score (nSPS) is 16.3. The zero-order valence-corrected chi connectivity index (χ0v) is 14.3. The van der Waals surface area contributed by atoms with Crippen molar-refractivity contribution in [3.8, 4) is 0 Å². The number of hydrogen-bond donors (Lipinski definition) is 1. The van der Waals surface area contributed by atoms with Crippen LogP contribution in [0.25, 0.3) is 0 Å². The topological polar surface area (TPSA) is 60.1 Å². The summed E-state index contributed by atoms with van der Waals surface area (Å²) in [6.07, 6.45) is 5.86. The molecular weight excluding hydrogens is 357 g/mol. The van der Waals surface area contributed by atoms with Gasteiger partial charge in [-0.2, -0.15) is 0 Å². The molecule has 1 aliphatic heterocycles. The fraction of sp³-hybridized carbons (Fsp3) is 0.923. The van der Waals surface area contributed by atoms with Crippen molar-refractivity contribution in [1.82, 2.24) is 4.90 Å². The van der Waals surface area contributed by atoms with E-state index >= 15 is 0 Å². The first-order chi connectivity index (χ1) is 8.84. The van der Waals surface area contributed by atoms with Crippen LogP contribution in [-0.2, 0) is 9.47 Å². The average molecular weight is 385 g/mol. The number of rotatable bonds is 8. The maximum Gasteiger partial charge on any atom is 0.191 e. The molecule has 0 aliphatic carbocycles. The van der Waals surface area contributed by atoms with Crippen LogP contribution in [0.3, 0.4) is 0 Å². The number of unbranched alkanes of at least 4 members (excludes halogenated alkanes) is 1. The van der Waals surface area contributed by atoms with Crippen LogP contribution < -0.4 is 5.73 Å². The molecule has 0 unspecified atom stereocenters. The zero-order valence-electron chi connectivity index (χ0n) is 12.0. The van der Waals surface area contributed by atoms with E-state index in [1.165, 1.54) is 19.3 Å². The second kappa shape index (κ2) is 12.9. The van der Waals surface area contributed by atoms with E-state index in [1.807, 2.05) is 0 Å². The molecule has 6 heteroatoms. The number of guanidine groups is 1. The van der Waals surface area contributed by atoms with Crippen LogP contribution in [0.1, 0.15) is 32.1 Å². The van der Waals surface area contributed by atoms with Crippen molar-refractivity contribution in [1.29, 1.82) is 0 Å². The molecule has 0 bridgehead atoms. The Morgan fingerprint density at radius 3 is 2.53 bits per heavy atom. The number of likely N-dealkylation sites (tertiary alicyclic amines) is 1. The van der Waals surface area contributed by atoms with Gasteiger partial charge >= 0.3 is 0 Å². The van der Waals surface area contributed by atoms with E-state index in [-0.39, 0.29) is 24.0 Å². The predicted molar refractivity (Wildman–Crippen MR) is 89.3 cm³/mol. The van der Waals surface area contributed by atoms with Gasteiger partial charge in [-0.15, -0.1) is 24.0 Å². The van der Waals surface area contributed by atoms with Gasteiger partial charge in [0.25, 0.3) is 0 Å². The van der Waals surface area contributed by atoms with Crippen molar-refractivity contribution in [2.75, 3.05) is 46.6 Å². The zero-order chi connectivity index (χ0) is 13.1. The summed E-state index contributed by atoms with van der Waals surface area (Å²) < 4.78 is 10.3. The van der Waals surface area contributed by atoms with Gasteiger partial charge in [0, 0.05) is 33.4 Å². The van der Waals surface area contributed by atoms with Gasteiger partial charge < -0.3 is 20.1 Å². The Balaban J connectivity index is 0.00000324. The highest BCUT2D eigenvalue weighted by Gasteiger charge is 2.11. The number of hydrogen-bond acceptors (Lipinski definition) is 3. The summed E-state index contributed by atoms with van der Waals surface area (Å²) in [6.45, 7) is 5.05. The lowest BCUT2D eigenvalue weighted by Gasteiger charge is -2.27. The van der Waals surface area contributed by atoms with Crippen LogP contribution in [-0.4, -0.2) is 57.4 Å². The summed E-state index contributed by atoms with van der Waals surface area (Å²) in [4.78, 5) is 6.61. The van der Waals surface area contributed by atoms with Crippen molar-refractivity contribution in [3.63, 3.8) is 0 Å². The molecule has 1 rings (SSSR count). The minimum atomic E-state index is 0. The van der Waals surface area contributed by atoms with Gasteiger partial charge in [-0.05, 0) is 32.1 Å². The molecule has 0 amide bonds. The monoisotopic (exact) mass is 385 g/mol. The van der Waals surface area contributed by atoms with Crippen LogP contribution >= 0.6 is 24.0 Å². The van der Waals surface area contributed by atoms with Crippen molar-refractivity contribution >= 4 is 29.9 Å². The Morgan fingerprint density at radius 1 is 1.11 bits per heavy atom. The Labute approximate surface area is 133 Å². The molecule has 0 aromatic carbocycles. The molecule has 1 aliphatic rings. The number of methoxy groups -OCH3 is 1. The van der Waals surface area contributed by atoms with E-state index in [4.69, 9.17) is 15.2 Å². The fourth-order valence-electron chi connectivity index (χ4n) is 1.98. The van der Waals surface area contributed by atoms with Gasteiger partial charge in [0.15, 0.2) is 5.96 Å². The summed E-state index contributed by atoms with van der Waals surface area (Å²) in [7, 11) is 1.68. The van der Waals surface area contributed by atoms with E-state index in [0.717, 1.165) is 45.0 Å². The Kier molecular flexibility index (Phi) is 12.9. The number of aliphatic imine (C=N–C) groups is 1. The van der Waals surface area contributed by atoms with E-state index < -0.39 is 0 Å². The van der Waals surface area contributed by atoms with E-state index in [0.29, 0.717) is 13.2 Å². The quantitative estimate of drug-likeness (QED) is 0.300. The first-order valence-electron chi connectivity index (χ1n) is 6.96. The number of nitrogens with two attached hydrogens (primary N) is 1. The van der Waals surface area contributed by atoms with Crippen LogP contribution in [0.2, 0.25) is 0 Å². The van der Waals surface area contributed by atoms with Gasteiger partial charge in [0.1, 0.15) is 0 Å². The molecule has 2 N–H and O–H groups in total. The van der Waals surface area contributed by atoms with Crippen molar-refractivity contribution in [2.45, 2.75) is 32.1 Å². The van der Waals surface area contributed by atoms with Crippen molar-refractivity contribution in [3.05, 3.63) is 0 Å². The van der Waals surface area contributed by atoms with Crippen LogP contribution in [0.5, 0.6) is 0 Å². The van der Waals surface area contributed by atoms with Crippen LogP contribution in [0.15, 0.2) is 4.99 Å². The number of halogens is 1. The molecule has 0 spiro atoms. The Morgan fingerprint density at radius 2 is 1.84 bits per heavy atom. The SMILES string of the molecule is COCCOCCCCN=C(N)N1CCCCC1.I. The summed E-state index contributed by atoms with van der Waals surface area (Å²) in [6, 6.07) is 0. The molecule has 1 heterocycles. The molecule has 1 fully saturated rings. The first kappa shape index (κ1) is 18.9. The van der Waals surface area contributed by atoms with Gasteiger partial charge in [0.05, 0.1) is 13.2 Å². The standard InChI is InChI=1S/C13H27N3O2.HI/c1-17-11-12-18-10-6-3-7-15-13(14)16-8-4-2-5-9-16;/h2-12H2,1H3,(H2,14,15);1H. The number of ether oxygens (including phenoxy) is 2. The predicted octanol–water partition coefficient (Wildman–Crippen LogP) is 1.85. The average Bonchev–Trinajstić information content (AvgIpc) is 2.42. The smallest absolute Gasteiger partial charge is 0.191 e. The molecule has 0 aromatic heterocycles. The van der Waals surface area contributed by atoms with Gasteiger partial charge in [-0.25, -0.2) is 0 Å². The van der Waals surface area contributed by atoms with Gasteiger partial charge in [0.2, 0.25) is 0 Å². The highest BCUT2D eigenvalue weighted by molar-refractivity contribution is 14.0. The molecule has 114 valence electrons. The minimum absolute atomic E-state index is 0. The molecular formula is C13H28IN3O2. The molecule has 0 saturated carbocycles. The third-order valence-corrected chi connectivity index (χ3v) is 3.08. The molecule has 0 atom stereocenters. The lowest BCUT2D eigenvalue weighted by Crippen LogP contribution is -2.40. The largest absolute Gasteiger partial charge is 0.382 e. The maximum absolute atomic E-state index is 5.96. The lowest BCUT2D eigenvalue weighted by molar-refractivity contribution is 0.0690. The second-order valence-corrected chi connectivity index (χ2v) is 4.60. The second-order valence-electron chi connectivity index (χ2n) is 4.60. The summed E-state index contributed by atoms with van der Waals surface area (Å²) in [5.41, 5.74) is 5.96. The molecule has 1 saturated heterocycles. The summed E-state index contributed by atoms with van der Waals surface area (Å²) in [5.74, 6) is 0.718. The number of piperidine rings is 1. The van der Waals surface area contributed by atoms with Crippen molar-refractivity contribution < 1.29 is 9.47 Å². The molecule has 5 nitrogen and oxygen atoms in total. The first-order valence-corrected chi connectivity index (χ1v) is 6.96. The summed E-state index contributed by atoms with van der Waals surface area (Å²) in [5, 5.41) is 0. The lowest BCUT2D eigenvalue weighted by atomic mass is 10.1. The third-order valence-electron chi connectivity index (χ3n) is 3.08. The maximum atomic E-state index is 5.96. The highest BCUT2D eigenvalue weighted by Crippen LogP contribution is 2.07. The molecule has 0 aromatic rings. The highest BCUT2D eigenvalue weighted by atomic mass is 127. The van der Waals surface area contributed by atoms with Crippen LogP contribution in [0, 0.1) is 0 Å². The Hall–Kier alpha value is -0.0800. The van der Waals surface area contributed by atoms with Gasteiger partial charge in [-0.3, -0.25) is 4.99 Å². The van der Waals surface area contributed by atoms with E-state index in [2.05, 4.69) is 9.89 Å². The van der Waals surface area contributed by atoms with E-state index in [1.54, 1.807) is 7.11 Å².